The largest absolute Gasteiger partial charge is 0.427 e. The number of carbonyl (C=O) groups excluding carboxylic acids is 3. The van der Waals surface area contributed by atoms with Gasteiger partial charge in [0.2, 0.25) is 12.7 Å². The normalized spacial score (nSPS) is 19.6. The van der Waals surface area contributed by atoms with Crippen molar-refractivity contribution in [2.75, 3.05) is 33.7 Å². The molecule has 2 aliphatic heterocycles. The van der Waals surface area contributed by atoms with Crippen LogP contribution in [0.4, 0.5) is 0 Å². The number of amides is 1. The van der Waals surface area contributed by atoms with Gasteiger partial charge in [0.25, 0.3) is 0 Å². The van der Waals surface area contributed by atoms with Crippen molar-refractivity contribution in [2.24, 2.45) is 5.41 Å². The zero-order valence-electron chi connectivity index (χ0n) is 14.8. The van der Waals surface area contributed by atoms with E-state index in [1.165, 1.54) is 16.7 Å². The average Bonchev–Trinajstić information content (AvgIpc) is 2.82. The fourth-order valence-corrected chi connectivity index (χ4v) is 3.48. The number of nitrogens with zero attached hydrogens (tertiary/aromatic N) is 1. The maximum atomic E-state index is 12.4. The Balaban J connectivity index is 1.94. The summed E-state index contributed by atoms with van der Waals surface area (Å²) in [5, 5.41) is -0.0896. The van der Waals surface area contributed by atoms with E-state index in [9.17, 15) is 14.4 Å². The molecular weight excluding hydrogens is 350 g/mol. The van der Waals surface area contributed by atoms with Crippen LogP contribution in [0.5, 0.6) is 0 Å². The molecule has 1 fully saturated rings. The molecule has 0 bridgehead atoms. The second-order valence-corrected chi connectivity index (χ2v) is 7.86. The van der Waals surface area contributed by atoms with Gasteiger partial charge in [0.1, 0.15) is 5.70 Å². The van der Waals surface area contributed by atoms with Crippen molar-refractivity contribution < 1.29 is 33.3 Å². The Kier molecular flexibility index (Phi) is 6.47. The molecule has 0 spiro atoms. The topological polar surface area (TPSA) is 91.4 Å². The Morgan fingerprint density at radius 3 is 2.56 bits per heavy atom. The molecule has 1 saturated heterocycles. The standard InChI is InChI=1S/C16H23NO7S/c1-16(2,3)15(20)24-9-23-14(19)13-10(8-22-6-5-21-4)25-12-7-11(18)17(12)13/h12H,5-9H2,1-4H3/t12-/m0/s1. The molecule has 8 nitrogen and oxygen atoms in total. The number of thioether (sulfide) groups is 1. The fraction of sp³-hybridized carbons (Fsp3) is 0.688. The Hall–Kier alpha value is -1.58. The highest BCUT2D eigenvalue weighted by atomic mass is 32.2. The van der Waals surface area contributed by atoms with Crippen molar-refractivity contribution in [2.45, 2.75) is 32.6 Å². The van der Waals surface area contributed by atoms with E-state index in [1.54, 1.807) is 27.9 Å². The molecule has 140 valence electrons. The molecule has 0 saturated carbocycles. The monoisotopic (exact) mass is 373 g/mol. The maximum absolute atomic E-state index is 12.4. The van der Waals surface area contributed by atoms with Gasteiger partial charge >= 0.3 is 11.9 Å². The predicted octanol–water partition coefficient (Wildman–Crippen LogP) is 1.26. The molecule has 0 aromatic rings. The van der Waals surface area contributed by atoms with Crippen LogP contribution in [0, 0.1) is 5.41 Å². The van der Waals surface area contributed by atoms with Crippen molar-refractivity contribution >= 4 is 29.6 Å². The first-order valence-electron chi connectivity index (χ1n) is 7.88. The SMILES string of the molecule is COCCOCC1=C(C(=O)OCOC(=O)C(C)(C)C)N2C(=O)C[C@@H]2S1. The van der Waals surface area contributed by atoms with Crippen molar-refractivity contribution in [3.05, 3.63) is 10.6 Å². The Morgan fingerprint density at radius 1 is 1.24 bits per heavy atom. The van der Waals surface area contributed by atoms with Crippen molar-refractivity contribution in [1.29, 1.82) is 0 Å². The summed E-state index contributed by atoms with van der Waals surface area (Å²) in [6.07, 6.45) is 0.377. The highest BCUT2D eigenvalue weighted by molar-refractivity contribution is 8.04. The van der Waals surface area contributed by atoms with Gasteiger partial charge in [0.05, 0.1) is 37.0 Å². The Bertz CT molecular complexity index is 582. The predicted molar refractivity (Wildman–Crippen MR) is 89.1 cm³/mol. The minimum atomic E-state index is -0.699. The fourth-order valence-electron chi connectivity index (χ4n) is 2.15. The van der Waals surface area contributed by atoms with Crippen LogP contribution in [0.3, 0.4) is 0 Å². The summed E-state index contributed by atoms with van der Waals surface area (Å²) in [7, 11) is 1.57. The second kappa shape index (κ2) is 8.20. The molecule has 2 heterocycles. The molecule has 0 N–H and O–H groups in total. The smallest absolute Gasteiger partial charge is 0.358 e. The third kappa shape index (κ3) is 4.74. The first kappa shape index (κ1) is 19.7. The molecule has 2 rings (SSSR count). The number of ether oxygens (including phenoxy) is 4. The number of hydrogen-bond donors (Lipinski definition) is 0. The molecule has 0 unspecified atom stereocenters. The summed E-state index contributed by atoms with van der Waals surface area (Å²) in [5.74, 6) is -1.31. The molecular formula is C16H23NO7S. The highest BCUT2D eigenvalue weighted by Gasteiger charge is 2.48. The van der Waals surface area contributed by atoms with Crippen LogP contribution in [0.25, 0.3) is 0 Å². The second-order valence-electron chi connectivity index (χ2n) is 6.59. The van der Waals surface area contributed by atoms with Gasteiger partial charge < -0.3 is 18.9 Å². The number of esters is 2. The Labute approximate surface area is 150 Å². The van der Waals surface area contributed by atoms with Crippen LogP contribution >= 0.6 is 11.8 Å². The van der Waals surface area contributed by atoms with E-state index in [2.05, 4.69) is 0 Å². The van der Waals surface area contributed by atoms with E-state index >= 15 is 0 Å². The first-order chi connectivity index (χ1) is 11.8. The summed E-state index contributed by atoms with van der Waals surface area (Å²) in [4.78, 5) is 37.9. The number of carbonyl (C=O) groups is 3. The van der Waals surface area contributed by atoms with Crippen LogP contribution in [0.2, 0.25) is 0 Å². The van der Waals surface area contributed by atoms with E-state index in [-0.39, 0.29) is 23.6 Å². The molecule has 1 amide bonds. The zero-order valence-corrected chi connectivity index (χ0v) is 15.6. The van der Waals surface area contributed by atoms with E-state index in [4.69, 9.17) is 18.9 Å². The number of methoxy groups -OCH3 is 1. The quantitative estimate of drug-likeness (QED) is 0.272. The highest BCUT2D eigenvalue weighted by Crippen LogP contribution is 2.46. The molecule has 0 aromatic heterocycles. The molecule has 2 aliphatic rings. The zero-order chi connectivity index (χ0) is 18.6. The summed E-state index contributed by atoms with van der Waals surface area (Å²) < 4.78 is 20.3. The van der Waals surface area contributed by atoms with E-state index in [1.807, 2.05) is 0 Å². The lowest BCUT2D eigenvalue weighted by atomic mass is 9.98. The van der Waals surface area contributed by atoms with E-state index in [0.717, 1.165) is 0 Å². The van der Waals surface area contributed by atoms with Crippen molar-refractivity contribution in [3.63, 3.8) is 0 Å². The number of hydrogen-bond acceptors (Lipinski definition) is 8. The lowest BCUT2D eigenvalue weighted by Crippen LogP contribution is -2.48. The van der Waals surface area contributed by atoms with Crippen molar-refractivity contribution in [3.8, 4) is 0 Å². The summed E-state index contributed by atoms with van der Waals surface area (Å²) >= 11 is 1.41. The number of β-lactam (4-membered cyclic amide) rings is 1. The van der Waals surface area contributed by atoms with Crippen molar-refractivity contribution in [1.82, 2.24) is 4.90 Å². The number of rotatable bonds is 8. The van der Waals surface area contributed by atoms with Gasteiger partial charge in [-0.3, -0.25) is 14.5 Å². The first-order valence-corrected chi connectivity index (χ1v) is 8.76. The lowest BCUT2D eigenvalue weighted by molar-refractivity contribution is -0.173. The van der Waals surface area contributed by atoms with Crippen LogP contribution in [-0.2, 0) is 33.3 Å². The molecule has 0 aliphatic carbocycles. The minimum Gasteiger partial charge on any atom is -0.427 e. The average molecular weight is 373 g/mol. The van der Waals surface area contributed by atoms with Gasteiger partial charge in [-0.15, -0.1) is 0 Å². The summed E-state index contributed by atoms with van der Waals surface area (Å²) in [6, 6.07) is 0. The van der Waals surface area contributed by atoms with Gasteiger partial charge in [-0.25, -0.2) is 4.79 Å². The third-order valence-corrected chi connectivity index (χ3v) is 4.79. The molecule has 1 atom stereocenters. The maximum Gasteiger partial charge on any atom is 0.358 e. The Morgan fingerprint density at radius 2 is 1.96 bits per heavy atom. The summed E-state index contributed by atoms with van der Waals surface area (Å²) in [6.45, 7) is 5.62. The number of fused-ring (bicyclic) bond motifs is 1. The molecule has 0 radical (unpaired) electrons. The molecule has 0 aromatic carbocycles. The van der Waals surface area contributed by atoms with Gasteiger partial charge in [0, 0.05) is 12.0 Å². The van der Waals surface area contributed by atoms with Gasteiger partial charge in [-0.2, -0.15) is 0 Å². The summed E-state index contributed by atoms with van der Waals surface area (Å²) in [5.41, 5.74) is -0.510. The van der Waals surface area contributed by atoms with Gasteiger partial charge in [-0.05, 0) is 20.8 Å². The lowest BCUT2D eigenvalue weighted by Gasteiger charge is -2.34. The van der Waals surface area contributed by atoms with E-state index in [0.29, 0.717) is 24.5 Å². The van der Waals surface area contributed by atoms with E-state index < -0.39 is 24.1 Å². The third-order valence-electron chi connectivity index (χ3n) is 3.54. The van der Waals surface area contributed by atoms with Crippen LogP contribution < -0.4 is 0 Å². The van der Waals surface area contributed by atoms with Gasteiger partial charge in [0.15, 0.2) is 0 Å². The minimum absolute atomic E-state index is 0.0896. The molecule has 25 heavy (non-hydrogen) atoms. The van der Waals surface area contributed by atoms with Crippen LogP contribution in [0.1, 0.15) is 27.2 Å². The van der Waals surface area contributed by atoms with Crippen LogP contribution in [0.15, 0.2) is 10.6 Å². The van der Waals surface area contributed by atoms with Gasteiger partial charge in [-0.1, -0.05) is 11.8 Å². The molecule has 9 heteroatoms. The van der Waals surface area contributed by atoms with Crippen LogP contribution in [-0.4, -0.2) is 61.8 Å².